The van der Waals surface area contributed by atoms with Gasteiger partial charge in [0.2, 0.25) is 5.91 Å². The number of nitrogens with one attached hydrogen (secondary N) is 1. The number of amides is 1. The molecule has 0 aromatic heterocycles. The summed E-state index contributed by atoms with van der Waals surface area (Å²) in [4.78, 5) is 15.4. The van der Waals surface area contributed by atoms with E-state index < -0.39 is 22.7 Å². The van der Waals surface area contributed by atoms with Gasteiger partial charge in [0.25, 0.3) is 0 Å². The van der Waals surface area contributed by atoms with Crippen molar-refractivity contribution in [2.24, 2.45) is 17.8 Å². The average Bonchev–Trinajstić information content (AvgIpc) is 2.76. The molecule has 1 aliphatic heterocycles. The summed E-state index contributed by atoms with van der Waals surface area (Å²) in [5, 5.41) is 2.28. The molecule has 3 nitrogen and oxygen atoms in total. The molecule has 4 rings (SSSR count). The Morgan fingerprint density at radius 2 is 1.94 bits per heavy atom. The number of alkyl halides is 3. The van der Waals surface area contributed by atoms with E-state index >= 15 is 0 Å². The Kier molecular flexibility index (Phi) is 6.33. The quantitative estimate of drug-likeness (QED) is 0.526. The molecule has 1 aliphatic carbocycles. The Morgan fingerprint density at radius 1 is 1.19 bits per heavy atom. The Labute approximate surface area is 190 Å². The van der Waals surface area contributed by atoms with Gasteiger partial charge in [-0.05, 0) is 42.5 Å². The summed E-state index contributed by atoms with van der Waals surface area (Å²) in [7, 11) is 0. The molecule has 3 atom stereocenters. The number of hydrogen-bond donors (Lipinski definition) is 1. The molecule has 1 N–H and O–H groups in total. The maximum Gasteiger partial charge on any atom is 0.417 e. The SMILES string of the molecule is C=C1C2C(C=CC[C@@H]2C(=O)Nc2ccc(Cl)c(C(F)(F)F)c2)CCN1Cc1ccccc1. The molecule has 1 fully saturated rings. The summed E-state index contributed by atoms with van der Waals surface area (Å²) < 4.78 is 39.6. The van der Waals surface area contributed by atoms with Gasteiger partial charge in [0.1, 0.15) is 0 Å². The van der Waals surface area contributed by atoms with Gasteiger partial charge in [-0.2, -0.15) is 13.2 Å². The summed E-state index contributed by atoms with van der Waals surface area (Å²) >= 11 is 5.70. The van der Waals surface area contributed by atoms with Crippen LogP contribution in [0.2, 0.25) is 5.02 Å². The van der Waals surface area contributed by atoms with Crippen molar-refractivity contribution in [2.45, 2.75) is 25.6 Å². The highest BCUT2D eigenvalue weighted by Gasteiger charge is 2.41. The number of hydrogen-bond acceptors (Lipinski definition) is 2. The summed E-state index contributed by atoms with van der Waals surface area (Å²) in [6.45, 7) is 5.88. The smallest absolute Gasteiger partial charge is 0.371 e. The molecular weight excluding hydrogens is 437 g/mol. The molecule has 0 radical (unpaired) electrons. The first-order chi connectivity index (χ1) is 15.2. The van der Waals surface area contributed by atoms with E-state index in [4.69, 9.17) is 11.6 Å². The van der Waals surface area contributed by atoms with Crippen molar-refractivity contribution in [1.29, 1.82) is 0 Å². The number of nitrogens with zero attached hydrogens (tertiary/aromatic N) is 1. The summed E-state index contributed by atoms with van der Waals surface area (Å²) in [5.74, 6) is -0.606. The van der Waals surface area contributed by atoms with Crippen molar-refractivity contribution in [3.8, 4) is 0 Å². The number of allylic oxidation sites excluding steroid dienone is 3. The molecule has 0 spiro atoms. The van der Waals surface area contributed by atoms with Gasteiger partial charge in [0.05, 0.1) is 16.5 Å². The zero-order valence-corrected chi connectivity index (χ0v) is 18.2. The number of carbonyl (C=O) groups is 1. The van der Waals surface area contributed by atoms with Crippen LogP contribution in [0.5, 0.6) is 0 Å². The molecule has 1 saturated heterocycles. The van der Waals surface area contributed by atoms with Crippen LogP contribution < -0.4 is 5.32 Å². The lowest BCUT2D eigenvalue weighted by atomic mass is 9.70. The van der Waals surface area contributed by atoms with Crippen molar-refractivity contribution in [3.63, 3.8) is 0 Å². The number of likely N-dealkylation sites (tertiary alicyclic amines) is 1. The third-order valence-corrected chi connectivity index (χ3v) is 6.61. The third kappa shape index (κ3) is 4.70. The van der Waals surface area contributed by atoms with Crippen LogP contribution in [-0.2, 0) is 17.5 Å². The highest BCUT2D eigenvalue weighted by Crippen LogP contribution is 2.43. The van der Waals surface area contributed by atoms with E-state index in [0.29, 0.717) is 13.0 Å². The first-order valence-electron chi connectivity index (χ1n) is 10.6. The average molecular weight is 461 g/mol. The van der Waals surface area contributed by atoms with Crippen LogP contribution in [-0.4, -0.2) is 17.4 Å². The second-order valence-corrected chi connectivity index (χ2v) is 8.74. The van der Waals surface area contributed by atoms with Gasteiger partial charge in [-0.25, -0.2) is 0 Å². The fourth-order valence-electron chi connectivity index (χ4n) is 4.69. The van der Waals surface area contributed by atoms with Gasteiger partial charge >= 0.3 is 6.18 Å². The normalized spacial score (nSPS) is 23.1. The van der Waals surface area contributed by atoms with Crippen LogP contribution in [0.3, 0.4) is 0 Å². The first kappa shape index (κ1) is 22.5. The van der Waals surface area contributed by atoms with E-state index in [1.165, 1.54) is 11.6 Å². The van der Waals surface area contributed by atoms with Crippen LogP contribution in [0.25, 0.3) is 0 Å². The molecule has 168 valence electrons. The number of carbonyl (C=O) groups excluding carboxylic acids is 1. The van der Waals surface area contributed by atoms with E-state index in [-0.39, 0.29) is 23.4 Å². The Hall–Kier alpha value is -2.73. The van der Waals surface area contributed by atoms with Gasteiger partial charge < -0.3 is 10.2 Å². The monoisotopic (exact) mass is 460 g/mol. The van der Waals surface area contributed by atoms with Crippen LogP contribution in [0.1, 0.15) is 24.0 Å². The second kappa shape index (κ2) is 9.02. The highest BCUT2D eigenvalue weighted by molar-refractivity contribution is 6.31. The van der Waals surface area contributed by atoms with Crippen molar-refractivity contribution >= 4 is 23.2 Å². The van der Waals surface area contributed by atoms with Gasteiger partial charge in [0, 0.05) is 30.4 Å². The van der Waals surface area contributed by atoms with E-state index in [0.717, 1.165) is 30.8 Å². The molecule has 2 unspecified atom stereocenters. The molecule has 0 bridgehead atoms. The summed E-state index contributed by atoms with van der Waals surface area (Å²) in [6.07, 6.45) is 0.963. The molecule has 0 saturated carbocycles. The van der Waals surface area contributed by atoms with Gasteiger partial charge in [-0.15, -0.1) is 0 Å². The lowest BCUT2D eigenvalue weighted by molar-refractivity contribution is -0.137. The highest BCUT2D eigenvalue weighted by atomic mass is 35.5. The largest absolute Gasteiger partial charge is 0.417 e. The fraction of sp³-hybridized carbons (Fsp3) is 0.320. The number of piperidine rings is 1. The Morgan fingerprint density at radius 3 is 2.66 bits per heavy atom. The maximum absolute atomic E-state index is 13.2. The predicted octanol–water partition coefficient (Wildman–Crippen LogP) is 6.53. The number of rotatable bonds is 4. The van der Waals surface area contributed by atoms with Gasteiger partial charge in [0.15, 0.2) is 0 Å². The van der Waals surface area contributed by atoms with Crippen LogP contribution in [0.15, 0.2) is 73.0 Å². The molecule has 2 aliphatic rings. The minimum absolute atomic E-state index is 0.0837. The van der Waals surface area contributed by atoms with Crippen LogP contribution in [0, 0.1) is 17.8 Å². The van der Waals surface area contributed by atoms with E-state index in [9.17, 15) is 18.0 Å². The maximum atomic E-state index is 13.2. The van der Waals surface area contributed by atoms with E-state index in [2.05, 4.69) is 35.0 Å². The molecule has 2 aromatic rings. The minimum atomic E-state index is -4.59. The summed E-state index contributed by atoms with van der Waals surface area (Å²) in [6, 6.07) is 13.5. The van der Waals surface area contributed by atoms with E-state index in [1.807, 2.05) is 24.3 Å². The zero-order valence-electron chi connectivity index (χ0n) is 17.4. The minimum Gasteiger partial charge on any atom is -0.371 e. The molecule has 32 heavy (non-hydrogen) atoms. The second-order valence-electron chi connectivity index (χ2n) is 8.33. The molecular formula is C25H24ClF3N2O. The molecule has 1 heterocycles. The number of fused-ring (bicyclic) bond motifs is 1. The number of benzene rings is 2. The Balaban J connectivity index is 1.52. The summed E-state index contributed by atoms with van der Waals surface area (Å²) in [5.41, 5.74) is 1.19. The Bertz CT molecular complexity index is 1040. The van der Waals surface area contributed by atoms with Crippen LogP contribution in [0.4, 0.5) is 18.9 Å². The van der Waals surface area contributed by atoms with Crippen LogP contribution >= 0.6 is 11.6 Å². The van der Waals surface area contributed by atoms with E-state index in [1.54, 1.807) is 0 Å². The van der Waals surface area contributed by atoms with Gasteiger partial charge in [-0.3, -0.25) is 4.79 Å². The van der Waals surface area contributed by atoms with Gasteiger partial charge in [-0.1, -0.05) is 60.7 Å². The number of halogens is 4. The topological polar surface area (TPSA) is 32.3 Å². The van der Waals surface area contributed by atoms with Crippen molar-refractivity contribution in [2.75, 3.05) is 11.9 Å². The zero-order chi connectivity index (χ0) is 22.9. The molecule has 1 amide bonds. The lowest BCUT2D eigenvalue weighted by Gasteiger charge is -2.45. The third-order valence-electron chi connectivity index (χ3n) is 6.28. The van der Waals surface area contributed by atoms with Crippen molar-refractivity contribution < 1.29 is 18.0 Å². The standard InChI is InChI=1S/C25H24ClF3N2O/c1-16-23-18(12-13-31(16)15-17-6-3-2-4-7-17)8-5-9-20(23)24(32)30-19-10-11-22(26)21(14-19)25(27,28)29/h2-8,10-11,14,18,20,23H,1,9,12-13,15H2,(H,30,32)/t18?,20-,23?/m0/s1. The first-order valence-corrected chi connectivity index (χ1v) is 10.9. The van der Waals surface area contributed by atoms with Crippen molar-refractivity contribution in [1.82, 2.24) is 4.90 Å². The predicted molar refractivity (Wildman–Crippen MR) is 120 cm³/mol. The fourth-order valence-corrected chi connectivity index (χ4v) is 4.91. The van der Waals surface area contributed by atoms with Crippen molar-refractivity contribution in [3.05, 3.63) is 89.1 Å². The molecule has 2 aromatic carbocycles. The lowest BCUT2D eigenvalue weighted by Crippen LogP contribution is -2.44. The molecule has 7 heteroatoms. The number of anilines is 1.